The minimum Gasteiger partial charge on any atom is -0.479 e. The molecule has 0 saturated carbocycles. The highest BCUT2D eigenvalue weighted by atomic mass is 16.5. The van der Waals surface area contributed by atoms with Crippen molar-refractivity contribution in [1.29, 1.82) is 0 Å². The van der Waals surface area contributed by atoms with E-state index in [1.54, 1.807) is 29.1 Å². The van der Waals surface area contributed by atoms with Gasteiger partial charge in [-0.3, -0.25) is 4.79 Å². The fourth-order valence-corrected chi connectivity index (χ4v) is 2.64. The molecule has 2 heterocycles. The first-order chi connectivity index (χ1) is 11.0. The fraction of sp³-hybridized carbons (Fsp3) is 0.312. The van der Waals surface area contributed by atoms with Crippen LogP contribution in [0.15, 0.2) is 36.7 Å². The molecule has 0 radical (unpaired) electrons. The predicted octanol–water partition coefficient (Wildman–Crippen LogP) is 1.15. The van der Waals surface area contributed by atoms with Crippen LogP contribution in [0.25, 0.3) is 5.69 Å². The van der Waals surface area contributed by atoms with Gasteiger partial charge in [-0.2, -0.15) is 5.10 Å². The van der Waals surface area contributed by atoms with Crippen molar-refractivity contribution in [3.63, 3.8) is 0 Å². The van der Waals surface area contributed by atoms with Crippen LogP contribution in [-0.4, -0.2) is 45.5 Å². The van der Waals surface area contributed by atoms with Crippen LogP contribution in [0.4, 0.5) is 0 Å². The largest absolute Gasteiger partial charge is 0.479 e. The van der Waals surface area contributed by atoms with E-state index in [4.69, 9.17) is 4.74 Å². The maximum absolute atomic E-state index is 12.4. The van der Waals surface area contributed by atoms with Crippen molar-refractivity contribution < 1.29 is 19.4 Å². The molecule has 1 unspecified atom stereocenters. The molecule has 7 heteroatoms. The molecular formula is C16H17N3O4. The summed E-state index contributed by atoms with van der Waals surface area (Å²) in [6.07, 6.45) is 3.76. The van der Waals surface area contributed by atoms with Crippen molar-refractivity contribution in [2.45, 2.75) is 18.9 Å². The van der Waals surface area contributed by atoms with Crippen molar-refractivity contribution in [3.05, 3.63) is 47.8 Å². The van der Waals surface area contributed by atoms with Gasteiger partial charge in [0.15, 0.2) is 5.54 Å². The topological polar surface area (TPSA) is 93.5 Å². The molecule has 1 fully saturated rings. The molecular weight excluding hydrogens is 298 g/mol. The third-order valence-electron chi connectivity index (χ3n) is 3.99. The van der Waals surface area contributed by atoms with Crippen LogP contribution in [0, 0.1) is 6.92 Å². The van der Waals surface area contributed by atoms with Gasteiger partial charge in [0.25, 0.3) is 5.91 Å². The maximum Gasteiger partial charge on any atom is 0.331 e. The number of aromatic nitrogens is 2. The van der Waals surface area contributed by atoms with E-state index >= 15 is 0 Å². The summed E-state index contributed by atoms with van der Waals surface area (Å²) in [5.41, 5.74) is 0.800. The van der Waals surface area contributed by atoms with E-state index in [1.165, 1.54) is 0 Å². The molecule has 1 aromatic carbocycles. The molecule has 120 valence electrons. The molecule has 1 aliphatic heterocycles. The number of benzene rings is 1. The second kappa shape index (κ2) is 5.85. The van der Waals surface area contributed by atoms with Crippen molar-refractivity contribution in [1.82, 2.24) is 15.1 Å². The zero-order valence-electron chi connectivity index (χ0n) is 12.7. The third kappa shape index (κ3) is 2.83. The predicted molar refractivity (Wildman–Crippen MR) is 81.6 cm³/mol. The van der Waals surface area contributed by atoms with Crippen molar-refractivity contribution in [3.8, 4) is 5.69 Å². The standard InChI is InChI=1S/C16H17N3O4/c1-11-9-12(3-4-13(11)19-7-2-6-17-19)14(20)18-16(15(21)22)5-8-23-10-16/h2-4,6-7,9H,5,8,10H2,1H3,(H,18,20)(H,21,22). The number of nitrogens with zero attached hydrogens (tertiary/aromatic N) is 2. The van der Waals surface area contributed by atoms with Crippen LogP contribution in [0.1, 0.15) is 22.3 Å². The summed E-state index contributed by atoms with van der Waals surface area (Å²) >= 11 is 0. The van der Waals surface area contributed by atoms with Crippen molar-refractivity contribution >= 4 is 11.9 Å². The van der Waals surface area contributed by atoms with Crippen LogP contribution >= 0.6 is 0 Å². The van der Waals surface area contributed by atoms with Crippen LogP contribution in [0.2, 0.25) is 0 Å². The Hall–Kier alpha value is -2.67. The van der Waals surface area contributed by atoms with Gasteiger partial charge in [0.2, 0.25) is 0 Å². The molecule has 1 amide bonds. The molecule has 1 aromatic heterocycles. The van der Waals surface area contributed by atoms with Crippen molar-refractivity contribution in [2.75, 3.05) is 13.2 Å². The van der Waals surface area contributed by atoms with Gasteiger partial charge in [-0.1, -0.05) is 0 Å². The van der Waals surface area contributed by atoms with Gasteiger partial charge in [0, 0.05) is 31.0 Å². The van der Waals surface area contributed by atoms with Crippen LogP contribution < -0.4 is 5.32 Å². The van der Waals surface area contributed by atoms with Gasteiger partial charge in [-0.25, -0.2) is 9.48 Å². The second-order valence-corrected chi connectivity index (χ2v) is 5.60. The summed E-state index contributed by atoms with van der Waals surface area (Å²) < 4.78 is 6.85. The van der Waals surface area contributed by atoms with E-state index in [0.717, 1.165) is 11.3 Å². The van der Waals surface area contributed by atoms with Gasteiger partial charge in [0.1, 0.15) is 0 Å². The summed E-state index contributed by atoms with van der Waals surface area (Å²) in [4.78, 5) is 23.9. The normalized spacial score (nSPS) is 20.4. The summed E-state index contributed by atoms with van der Waals surface area (Å²) in [5.74, 6) is -1.50. The number of carboxylic acid groups (broad SMARTS) is 1. The highest BCUT2D eigenvalue weighted by molar-refractivity contribution is 5.98. The molecule has 0 bridgehead atoms. The Morgan fingerprint density at radius 2 is 2.26 bits per heavy atom. The Morgan fingerprint density at radius 1 is 1.43 bits per heavy atom. The summed E-state index contributed by atoms with van der Waals surface area (Å²) in [6, 6.07) is 6.98. The number of carbonyl (C=O) groups excluding carboxylic acids is 1. The zero-order valence-corrected chi connectivity index (χ0v) is 12.7. The molecule has 23 heavy (non-hydrogen) atoms. The summed E-state index contributed by atoms with van der Waals surface area (Å²) in [6.45, 7) is 2.18. The molecule has 1 atom stereocenters. The number of rotatable bonds is 4. The van der Waals surface area contributed by atoms with Crippen LogP contribution in [0.3, 0.4) is 0 Å². The van der Waals surface area contributed by atoms with E-state index in [0.29, 0.717) is 12.2 Å². The van der Waals surface area contributed by atoms with Crippen molar-refractivity contribution in [2.24, 2.45) is 0 Å². The number of hydrogen-bond donors (Lipinski definition) is 2. The maximum atomic E-state index is 12.4. The molecule has 1 aliphatic rings. The number of amides is 1. The average molecular weight is 315 g/mol. The lowest BCUT2D eigenvalue weighted by Crippen LogP contribution is -2.55. The number of nitrogens with one attached hydrogen (secondary N) is 1. The minimum absolute atomic E-state index is 0.0155. The third-order valence-corrected chi connectivity index (χ3v) is 3.99. The van der Waals surface area contributed by atoms with E-state index in [2.05, 4.69) is 10.4 Å². The van der Waals surface area contributed by atoms with Gasteiger partial charge in [-0.05, 0) is 36.8 Å². The van der Waals surface area contributed by atoms with E-state index in [-0.39, 0.29) is 13.0 Å². The highest BCUT2D eigenvalue weighted by Crippen LogP contribution is 2.21. The lowest BCUT2D eigenvalue weighted by molar-refractivity contribution is -0.144. The quantitative estimate of drug-likeness (QED) is 0.883. The monoisotopic (exact) mass is 315 g/mol. The van der Waals surface area contributed by atoms with E-state index in [9.17, 15) is 14.7 Å². The van der Waals surface area contributed by atoms with Gasteiger partial charge >= 0.3 is 5.97 Å². The Morgan fingerprint density at radius 3 is 2.83 bits per heavy atom. The van der Waals surface area contributed by atoms with Crippen LogP contribution in [-0.2, 0) is 9.53 Å². The first-order valence-electron chi connectivity index (χ1n) is 7.26. The van der Waals surface area contributed by atoms with E-state index < -0.39 is 17.4 Å². The highest BCUT2D eigenvalue weighted by Gasteiger charge is 2.44. The Kier molecular flexibility index (Phi) is 3.87. The Balaban J connectivity index is 1.83. The van der Waals surface area contributed by atoms with Crippen LogP contribution in [0.5, 0.6) is 0 Å². The number of carbonyl (C=O) groups is 2. The average Bonchev–Trinajstić information content (AvgIpc) is 3.19. The number of carboxylic acids is 1. The lowest BCUT2D eigenvalue weighted by Gasteiger charge is -2.23. The number of hydrogen-bond acceptors (Lipinski definition) is 4. The Labute approximate surface area is 132 Å². The van der Waals surface area contributed by atoms with Gasteiger partial charge < -0.3 is 15.2 Å². The molecule has 2 N–H and O–H groups in total. The summed E-state index contributed by atoms with van der Waals surface area (Å²) in [5, 5.41) is 16.1. The zero-order chi connectivity index (χ0) is 16.4. The molecule has 7 nitrogen and oxygen atoms in total. The second-order valence-electron chi connectivity index (χ2n) is 5.60. The molecule has 3 rings (SSSR count). The first-order valence-corrected chi connectivity index (χ1v) is 7.26. The van der Waals surface area contributed by atoms with Gasteiger partial charge in [0.05, 0.1) is 12.3 Å². The fourth-order valence-electron chi connectivity index (χ4n) is 2.64. The molecule has 1 saturated heterocycles. The SMILES string of the molecule is Cc1cc(C(=O)NC2(C(=O)O)CCOC2)ccc1-n1cccn1. The Bertz CT molecular complexity index is 734. The number of aryl methyl sites for hydroxylation is 1. The minimum atomic E-state index is -1.34. The molecule has 0 aliphatic carbocycles. The summed E-state index contributed by atoms with van der Waals surface area (Å²) in [7, 11) is 0. The number of aliphatic carboxylic acids is 1. The number of ether oxygens (including phenoxy) is 1. The first kappa shape index (κ1) is 15.2. The molecule has 0 spiro atoms. The van der Waals surface area contributed by atoms with E-state index in [1.807, 2.05) is 19.2 Å². The van der Waals surface area contributed by atoms with Gasteiger partial charge in [-0.15, -0.1) is 0 Å². The lowest BCUT2D eigenvalue weighted by atomic mass is 9.98. The molecule has 2 aromatic rings. The smallest absolute Gasteiger partial charge is 0.331 e.